The second kappa shape index (κ2) is 6.34. The average molecular weight is 195 g/mol. The number of aromatic nitrogens is 1. The molecule has 0 atom stereocenters. The van der Waals surface area contributed by atoms with Gasteiger partial charge in [0.25, 0.3) is 0 Å². The van der Waals surface area contributed by atoms with Gasteiger partial charge in [0.15, 0.2) is 0 Å². The Bertz CT molecular complexity index is 265. The highest BCUT2D eigenvalue weighted by atomic mass is 16.5. The molecule has 0 aromatic carbocycles. The maximum Gasteiger partial charge on any atom is 0.0587 e. The van der Waals surface area contributed by atoms with E-state index in [-0.39, 0.29) is 0 Å². The van der Waals surface area contributed by atoms with Crippen molar-refractivity contribution in [2.24, 2.45) is 0 Å². The van der Waals surface area contributed by atoms with Crippen molar-refractivity contribution in [2.75, 3.05) is 32.5 Å². The van der Waals surface area contributed by atoms with E-state index in [2.05, 4.69) is 10.3 Å². The fourth-order valence-electron chi connectivity index (χ4n) is 1.17. The maximum absolute atomic E-state index is 5.77. The third-order valence-corrected chi connectivity index (χ3v) is 2.00. The largest absolute Gasteiger partial charge is 0.398 e. The molecule has 0 bridgehead atoms. The van der Waals surface area contributed by atoms with Gasteiger partial charge in [0, 0.05) is 31.7 Å². The number of hydrogen-bond donors (Lipinski definition) is 2. The zero-order valence-electron chi connectivity index (χ0n) is 8.49. The standard InChI is InChI=1S/C10H17N3O/c1-14-7-6-12-4-2-9-8-13-5-3-10(9)11/h3,5,8,12H,2,4,6-7H2,1H3,(H2,11,13). The van der Waals surface area contributed by atoms with Crippen molar-refractivity contribution >= 4 is 5.69 Å². The molecule has 0 amide bonds. The first-order chi connectivity index (χ1) is 6.84. The van der Waals surface area contributed by atoms with Gasteiger partial charge in [-0.25, -0.2) is 0 Å². The number of anilines is 1. The van der Waals surface area contributed by atoms with Crippen LogP contribution < -0.4 is 11.1 Å². The SMILES string of the molecule is COCCNCCc1cnccc1N. The first-order valence-corrected chi connectivity index (χ1v) is 4.72. The lowest BCUT2D eigenvalue weighted by Gasteiger charge is -2.05. The third kappa shape index (κ3) is 3.72. The van der Waals surface area contributed by atoms with Crippen LogP contribution in [0.1, 0.15) is 5.56 Å². The van der Waals surface area contributed by atoms with E-state index in [1.54, 1.807) is 13.3 Å². The summed E-state index contributed by atoms with van der Waals surface area (Å²) in [5.41, 5.74) is 7.68. The summed E-state index contributed by atoms with van der Waals surface area (Å²) < 4.78 is 4.92. The van der Waals surface area contributed by atoms with Crippen molar-refractivity contribution in [3.63, 3.8) is 0 Å². The van der Waals surface area contributed by atoms with Gasteiger partial charge in [0.05, 0.1) is 6.61 Å². The van der Waals surface area contributed by atoms with Crippen LogP contribution in [0, 0.1) is 0 Å². The number of nitrogen functional groups attached to an aromatic ring is 1. The summed E-state index contributed by atoms with van der Waals surface area (Å²) in [6.45, 7) is 2.51. The lowest BCUT2D eigenvalue weighted by Crippen LogP contribution is -2.22. The van der Waals surface area contributed by atoms with Gasteiger partial charge in [-0.05, 0) is 24.6 Å². The van der Waals surface area contributed by atoms with E-state index in [1.165, 1.54) is 0 Å². The van der Waals surface area contributed by atoms with Gasteiger partial charge in [-0.3, -0.25) is 4.98 Å². The molecular weight excluding hydrogens is 178 g/mol. The number of rotatable bonds is 6. The van der Waals surface area contributed by atoms with E-state index in [9.17, 15) is 0 Å². The predicted octanol–water partition coefficient (Wildman–Crippen LogP) is 0.442. The highest BCUT2D eigenvalue weighted by molar-refractivity contribution is 5.44. The van der Waals surface area contributed by atoms with Crippen molar-refractivity contribution in [2.45, 2.75) is 6.42 Å². The van der Waals surface area contributed by atoms with Gasteiger partial charge in [-0.15, -0.1) is 0 Å². The van der Waals surface area contributed by atoms with Gasteiger partial charge in [-0.1, -0.05) is 0 Å². The quantitative estimate of drug-likeness (QED) is 0.647. The van der Waals surface area contributed by atoms with Crippen LogP contribution >= 0.6 is 0 Å². The molecule has 1 heterocycles. The highest BCUT2D eigenvalue weighted by Gasteiger charge is 1.97. The molecule has 0 unspecified atom stereocenters. The minimum Gasteiger partial charge on any atom is -0.398 e. The van der Waals surface area contributed by atoms with E-state index >= 15 is 0 Å². The molecule has 4 heteroatoms. The normalized spacial score (nSPS) is 10.4. The number of nitrogens with two attached hydrogens (primary N) is 1. The molecule has 1 rings (SSSR count). The minimum absolute atomic E-state index is 0.739. The summed E-state index contributed by atoms with van der Waals surface area (Å²) >= 11 is 0. The molecule has 78 valence electrons. The predicted molar refractivity (Wildman–Crippen MR) is 57.1 cm³/mol. The lowest BCUT2D eigenvalue weighted by atomic mass is 10.2. The summed E-state index contributed by atoms with van der Waals surface area (Å²) in [4.78, 5) is 4.03. The number of pyridine rings is 1. The van der Waals surface area contributed by atoms with E-state index in [0.717, 1.165) is 37.4 Å². The van der Waals surface area contributed by atoms with Crippen LogP contribution in [0.15, 0.2) is 18.5 Å². The van der Waals surface area contributed by atoms with Crippen molar-refractivity contribution in [1.82, 2.24) is 10.3 Å². The van der Waals surface area contributed by atoms with Crippen molar-refractivity contribution < 1.29 is 4.74 Å². The molecule has 0 radical (unpaired) electrons. The summed E-state index contributed by atoms with van der Waals surface area (Å²) in [5.74, 6) is 0. The lowest BCUT2D eigenvalue weighted by molar-refractivity contribution is 0.199. The first kappa shape index (κ1) is 10.9. The number of hydrogen-bond acceptors (Lipinski definition) is 4. The molecule has 0 spiro atoms. The second-order valence-electron chi connectivity index (χ2n) is 3.07. The average Bonchev–Trinajstić information content (AvgIpc) is 2.20. The first-order valence-electron chi connectivity index (χ1n) is 4.72. The Hall–Kier alpha value is -1.13. The number of nitrogens with zero attached hydrogens (tertiary/aromatic N) is 1. The topological polar surface area (TPSA) is 60.2 Å². The Balaban J connectivity index is 2.21. The van der Waals surface area contributed by atoms with E-state index in [4.69, 9.17) is 10.5 Å². The number of methoxy groups -OCH3 is 1. The molecular formula is C10H17N3O. The van der Waals surface area contributed by atoms with Crippen molar-refractivity contribution in [1.29, 1.82) is 0 Å². The van der Waals surface area contributed by atoms with Gasteiger partial charge in [0.2, 0.25) is 0 Å². The molecule has 0 fully saturated rings. The summed E-state index contributed by atoms with van der Waals surface area (Å²) in [5, 5.41) is 3.25. The third-order valence-electron chi connectivity index (χ3n) is 2.00. The van der Waals surface area contributed by atoms with E-state index in [1.807, 2.05) is 12.3 Å². The maximum atomic E-state index is 5.77. The van der Waals surface area contributed by atoms with E-state index < -0.39 is 0 Å². The second-order valence-corrected chi connectivity index (χ2v) is 3.07. The Morgan fingerprint density at radius 3 is 3.07 bits per heavy atom. The molecule has 0 saturated heterocycles. The number of nitrogens with one attached hydrogen (secondary N) is 1. The monoisotopic (exact) mass is 195 g/mol. The Kier molecular flexibility index (Phi) is 4.96. The Labute approximate surface area is 84.5 Å². The fraction of sp³-hybridized carbons (Fsp3) is 0.500. The Morgan fingerprint density at radius 1 is 1.50 bits per heavy atom. The van der Waals surface area contributed by atoms with Crippen molar-refractivity contribution in [3.05, 3.63) is 24.0 Å². The van der Waals surface area contributed by atoms with Gasteiger partial charge < -0.3 is 15.8 Å². The zero-order chi connectivity index (χ0) is 10.2. The Morgan fingerprint density at radius 2 is 2.36 bits per heavy atom. The molecule has 0 saturated carbocycles. The summed E-state index contributed by atoms with van der Waals surface area (Å²) in [6.07, 6.45) is 4.42. The summed E-state index contributed by atoms with van der Waals surface area (Å²) in [6, 6.07) is 1.82. The van der Waals surface area contributed by atoms with Crippen LogP contribution in [0.4, 0.5) is 5.69 Å². The van der Waals surface area contributed by atoms with Crippen LogP contribution in [0.3, 0.4) is 0 Å². The summed E-state index contributed by atoms with van der Waals surface area (Å²) in [7, 11) is 1.70. The zero-order valence-corrected chi connectivity index (χ0v) is 8.49. The van der Waals surface area contributed by atoms with Gasteiger partial charge in [0.1, 0.15) is 0 Å². The molecule has 0 aliphatic carbocycles. The highest BCUT2D eigenvalue weighted by Crippen LogP contribution is 2.08. The van der Waals surface area contributed by atoms with Gasteiger partial charge in [-0.2, -0.15) is 0 Å². The van der Waals surface area contributed by atoms with Crippen LogP contribution in [-0.4, -0.2) is 31.8 Å². The smallest absolute Gasteiger partial charge is 0.0587 e. The molecule has 3 N–H and O–H groups in total. The molecule has 1 aromatic heterocycles. The fourth-order valence-corrected chi connectivity index (χ4v) is 1.17. The minimum atomic E-state index is 0.739. The van der Waals surface area contributed by atoms with Crippen molar-refractivity contribution in [3.8, 4) is 0 Å². The van der Waals surface area contributed by atoms with Crippen LogP contribution in [0.5, 0.6) is 0 Å². The number of ether oxygens (including phenoxy) is 1. The van der Waals surface area contributed by atoms with Crippen LogP contribution in [-0.2, 0) is 11.2 Å². The van der Waals surface area contributed by atoms with Gasteiger partial charge >= 0.3 is 0 Å². The van der Waals surface area contributed by atoms with Crippen LogP contribution in [0.2, 0.25) is 0 Å². The van der Waals surface area contributed by atoms with E-state index in [0.29, 0.717) is 0 Å². The molecule has 0 aliphatic rings. The van der Waals surface area contributed by atoms with Crippen LogP contribution in [0.25, 0.3) is 0 Å². The molecule has 14 heavy (non-hydrogen) atoms. The molecule has 1 aromatic rings. The molecule has 0 aliphatic heterocycles. The molecule has 4 nitrogen and oxygen atoms in total.